The van der Waals surface area contributed by atoms with Crippen LogP contribution in [0.15, 0.2) is 30.5 Å². The molecule has 0 radical (unpaired) electrons. The van der Waals surface area contributed by atoms with Crippen LogP contribution in [-0.2, 0) is 9.59 Å². The fourth-order valence-corrected chi connectivity index (χ4v) is 2.46. The number of amides is 2. The van der Waals surface area contributed by atoms with Gasteiger partial charge < -0.3 is 15.7 Å². The molecule has 2 amide bonds. The molecule has 1 heterocycles. The first-order valence-corrected chi connectivity index (χ1v) is 8.70. The van der Waals surface area contributed by atoms with Crippen molar-refractivity contribution in [2.24, 2.45) is 0 Å². The van der Waals surface area contributed by atoms with Crippen molar-refractivity contribution in [3.8, 4) is 0 Å². The number of nitrogens with zero attached hydrogens (tertiary/aromatic N) is 2. The molecule has 2 rings (SSSR count). The van der Waals surface area contributed by atoms with Crippen molar-refractivity contribution in [1.82, 2.24) is 20.6 Å². The van der Waals surface area contributed by atoms with Crippen molar-refractivity contribution in [2.75, 3.05) is 12.9 Å². The lowest BCUT2D eigenvalue weighted by Crippen LogP contribution is -2.52. The Balaban J connectivity index is 2.07. The molecule has 0 bridgehead atoms. The van der Waals surface area contributed by atoms with E-state index in [0.717, 1.165) is 11.8 Å². The van der Waals surface area contributed by atoms with Crippen molar-refractivity contribution in [1.29, 1.82) is 0 Å². The molecule has 1 aromatic carbocycles. The fourth-order valence-electron chi connectivity index (χ4n) is 2.04. The number of thioether (sulfide) groups is 1. The van der Waals surface area contributed by atoms with E-state index in [1.807, 2.05) is 0 Å². The molecule has 0 saturated carbocycles. The second kappa shape index (κ2) is 8.54. The number of hydrogen-bond acceptors (Lipinski definition) is 7. The maximum absolute atomic E-state index is 12.3. The minimum Gasteiger partial charge on any atom is -0.394 e. The van der Waals surface area contributed by atoms with E-state index in [1.54, 1.807) is 30.5 Å². The number of carbonyl (C=O) groups is 3. The Morgan fingerprint density at radius 1 is 1.20 bits per heavy atom. The van der Waals surface area contributed by atoms with Crippen LogP contribution in [0.25, 0.3) is 11.0 Å². The van der Waals surface area contributed by atoms with Gasteiger partial charge in [0.1, 0.15) is 11.7 Å². The summed E-state index contributed by atoms with van der Waals surface area (Å²) in [4.78, 5) is 44.2. The minimum atomic E-state index is -1.20. The summed E-state index contributed by atoms with van der Waals surface area (Å²) < 4.78 is 0. The Hall–Kier alpha value is -2.52. The monoisotopic (exact) mass is 362 g/mol. The number of carbonyl (C=O) groups excluding carboxylic acids is 3. The second-order valence-corrected chi connectivity index (χ2v) is 6.02. The molecule has 2 unspecified atom stereocenters. The lowest BCUT2D eigenvalue weighted by molar-refractivity contribution is -0.126. The van der Waals surface area contributed by atoms with Gasteiger partial charge in [0.05, 0.1) is 29.9 Å². The average molecular weight is 362 g/mol. The van der Waals surface area contributed by atoms with Crippen molar-refractivity contribution in [3.05, 3.63) is 36.2 Å². The van der Waals surface area contributed by atoms with Crippen LogP contribution < -0.4 is 10.6 Å². The summed E-state index contributed by atoms with van der Waals surface area (Å²) in [6.45, 7) is 0.917. The number of hydrogen-bond donors (Lipinski definition) is 3. The molecular weight excluding hydrogens is 344 g/mol. The van der Waals surface area contributed by atoms with Gasteiger partial charge >= 0.3 is 0 Å². The number of aromatic nitrogens is 2. The lowest BCUT2D eigenvalue weighted by Gasteiger charge is -2.18. The van der Waals surface area contributed by atoms with Crippen molar-refractivity contribution in [2.45, 2.75) is 19.0 Å². The zero-order valence-electron chi connectivity index (χ0n) is 13.7. The molecule has 0 aliphatic carbocycles. The Labute approximate surface area is 148 Å². The summed E-state index contributed by atoms with van der Waals surface area (Å²) in [5.74, 6) is -1.30. The zero-order valence-corrected chi connectivity index (χ0v) is 14.5. The van der Waals surface area contributed by atoms with Crippen molar-refractivity contribution >= 4 is 39.7 Å². The van der Waals surface area contributed by atoms with Gasteiger partial charge in [0.2, 0.25) is 11.0 Å². The van der Waals surface area contributed by atoms with Crippen LogP contribution in [0.3, 0.4) is 0 Å². The van der Waals surface area contributed by atoms with Crippen LogP contribution in [0.2, 0.25) is 0 Å². The lowest BCUT2D eigenvalue weighted by atomic mass is 10.2. The third-order valence-electron chi connectivity index (χ3n) is 3.40. The minimum absolute atomic E-state index is 0.0261. The molecule has 0 saturated heterocycles. The van der Waals surface area contributed by atoms with Crippen molar-refractivity contribution < 1.29 is 19.5 Å². The molecule has 25 heavy (non-hydrogen) atoms. The maximum Gasteiger partial charge on any atom is 0.272 e. The summed E-state index contributed by atoms with van der Waals surface area (Å²) in [6.07, 6.45) is 2.90. The second-order valence-electron chi connectivity index (χ2n) is 5.21. The van der Waals surface area contributed by atoms with E-state index in [9.17, 15) is 19.5 Å². The van der Waals surface area contributed by atoms with E-state index in [-0.39, 0.29) is 10.8 Å². The summed E-state index contributed by atoms with van der Waals surface area (Å²) in [6, 6.07) is 5.13. The summed E-state index contributed by atoms with van der Waals surface area (Å²) in [5, 5.41) is 14.0. The number of nitrogens with one attached hydrogen (secondary N) is 2. The number of aliphatic hydroxyl groups is 1. The highest BCUT2D eigenvalue weighted by molar-refractivity contribution is 8.13. The van der Waals surface area contributed by atoms with E-state index >= 15 is 0 Å². The molecule has 132 valence electrons. The van der Waals surface area contributed by atoms with Gasteiger partial charge in [-0.1, -0.05) is 23.9 Å². The van der Waals surface area contributed by atoms with Gasteiger partial charge in [-0.15, -0.1) is 0 Å². The highest BCUT2D eigenvalue weighted by atomic mass is 32.2. The largest absolute Gasteiger partial charge is 0.394 e. The van der Waals surface area contributed by atoms with E-state index in [2.05, 4.69) is 20.6 Å². The Morgan fingerprint density at radius 3 is 2.52 bits per heavy atom. The van der Waals surface area contributed by atoms with Gasteiger partial charge in [0.15, 0.2) is 0 Å². The average Bonchev–Trinajstić information content (AvgIpc) is 2.64. The normalized spacial score (nSPS) is 13.1. The molecular formula is C16H18N4O4S. The van der Waals surface area contributed by atoms with Gasteiger partial charge in [-0.2, -0.15) is 0 Å². The molecule has 0 spiro atoms. The van der Waals surface area contributed by atoms with Gasteiger partial charge in [-0.3, -0.25) is 19.4 Å². The van der Waals surface area contributed by atoms with Crippen LogP contribution >= 0.6 is 11.8 Å². The Kier molecular flexibility index (Phi) is 6.43. The van der Waals surface area contributed by atoms with E-state index in [4.69, 9.17) is 0 Å². The van der Waals surface area contributed by atoms with Gasteiger partial charge in [-0.25, -0.2) is 4.98 Å². The van der Waals surface area contributed by atoms with Crippen LogP contribution in [0.1, 0.15) is 17.4 Å². The molecule has 0 aliphatic heterocycles. The summed E-state index contributed by atoms with van der Waals surface area (Å²) >= 11 is 0.984. The smallest absolute Gasteiger partial charge is 0.272 e. The van der Waals surface area contributed by atoms with Gasteiger partial charge in [0, 0.05) is 0 Å². The quantitative estimate of drug-likeness (QED) is 0.667. The molecule has 3 N–H and O–H groups in total. The maximum atomic E-state index is 12.3. The number of para-hydroxylation sites is 2. The Bertz CT molecular complexity index is 799. The third-order valence-corrected chi connectivity index (χ3v) is 4.16. The van der Waals surface area contributed by atoms with Crippen LogP contribution in [0, 0.1) is 0 Å². The predicted octanol–water partition coefficient (Wildman–Crippen LogP) is 0.115. The van der Waals surface area contributed by atoms with Crippen molar-refractivity contribution in [3.63, 3.8) is 0 Å². The SMILES string of the molecule is CSC(=O)C(C)NC(=O)C(CO)NC(=O)c1cnc2ccccc2n1. The molecule has 1 aromatic heterocycles. The van der Waals surface area contributed by atoms with Crippen LogP contribution in [0.4, 0.5) is 0 Å². The topological polar surface area (TPSA) is 121 Å². The molecule has 8 nitrogen and oxygen atoms in total. The number of aliphatic hydroxyl groups excluding tert-OH is 1. The first kappa shape index (κ1) is 18.8. The molecule has 2 aromatic rings. The van der Waals surface area contributed by atoms with E-state index in [1.165, 1.54) is 13.1 Å². The number of benzene rings is 1. The summed E-state index contributed by atoms with van der Waals surface area (Å²) in [5.41, 5.74) is 1.21. The van der Waals surface area contributed by atoms with E-state index < -0.39 is 30.5 Å². The first-order chi connectivity index (χ1) is 12.0. The third kappa shape index (κ3) is 4.74. The highest BCUT2D eigenvalue weighted by Gasteiger charge is 2.24. The number of rotatable bonds is 6. The molecule has 2 atom stereocenters. The number of fused-ring (bicyclic) bond motifs is 1. The van der Waals surface area contributed by atoms with Crippen LogP contribution in [0.5, 0.6) is 0 Å². The summed E-state index contributed by atoms with van der Waals surface area (Å²) in [7, 11) is 0. The first-order valence-electron chi connectivity index (χ1n) is 7.48. The highest BCUT2D eigenvalue weighted by Crippen LogP contribution is 2.08. The Morgan fingerprint density at radius 2 is 1.88 bits per heavy atom. The van der Waals surface area contributed by atoms with E-state index in [0.29, 0.717) is 11.0 Å². The zero-order chi connectivity index (χ0) is 18.4. The molecule has 0 aliphatic rings. The predicted molar refractivity (Wildman–Crippen MR) is 94.0 cm³/mol. The van der Waals surface area contributed by atoms with Gasteiger partial charge in [-0.05, 0) is 25.3 Å². The molecule has 9 heteroatoms. The van der Waals surface area contributed by atoms with Gasteiger partial charge in [0.25, 0.3) is 5.91 Å². The standard InChI is InChI=1S/C16H18N4O4S/c1-9(16(24)25-2)18-15(23)13(8-21)20-14(22)12-7-17-10-5-3-4-6-11(10)19-12/h3-7,9,13,21H,8H2,1-2H3,(H,18,23)(H,20,22). The molecule has 0 fully saturated rings. The fraction of sp³-hybridized carbons (Fsp3) is 0.312. The van der Waals surface area contributed by atoms with Crippen LogP contribution in [-0.4, -0.2) is 57.0 Å².